The highest BCUT2D eigenvalue weighted by molar-refractivity contribution is 5.99. The van der Waals surface area contributed by atoms with E-state index in [4.69, 9.17) is 0 Å². The number of carbonyl (C=O) groups excluding carboxylic acids is 2. The van der Waals surface area contributed by atoms with Crippen LogP contribution in [0, 0.1) is 29.3 Å². The maximum atomic E-state index is 13.7. The molecule has 2 unspecified atom stereocenters. The first-order valence-electron chi connectivity index (χ1n) is 8.69. The Morgan fingerprint density at radius 1 is 1.04 bits per heavy atom. The van der Waals surface area contributed by atoms with Crippen LogP contribution in [-0.2, 0) is 16.1 Å². The van der Waals surface area contributed by atoms with Crippen LogP contribution in [0.15, 0.2) is 42.5 Å². The lowest BCUT2D eigenvalue weighted by atomic mass is 10.2. The Kier molecular flexibility index (Phi) is 5.48. The molecule has 2 aromatic rings. The van der Waals surface area contributed by atoms with Crippen LogP contribution >= 0.6 is 0 Å². The van der Waals surface area contributed by atoms with Crippen LogP contribution in [0.3, 0.4) is 0 Å². The summed E-state index contributed by atoms with van der Waals surface area (Å²) in [6, 6.07) is 11.2. The largest absolute Gasteiger partial charge is 0.338 e. The summed E-state index contributed by atoms with van der Waals surface area (Å²) in [4.78, 5) is 26.5. The lowest BCUT2D eigenvalue weighted by Crippen LogP contribution is -2.33. The van der Waals surface area contributed by atoms with E-state index in [9.17, 15) is 22.8 Å². The Labute approximate surface area is 155 Å². The molecular formula is C20H19F3N2O2. The molecule has 4 nitrogen and oxygen atoms in total. The molecule has 0 bridgehead atoms. The van der Waals surface area contributed by atoms with E-state index in [1.165, 1.54) is 0 Å². The first kappa shape index (κ1) is 18.9. The Morgan fingerprint density at radius 2 is 1.74 bits per heavy atom. The fraction of sp³-hybridized carbons (Fsp3) is 0.300. The number of carbonyl (C=O) groups is 2. The molecule has 27 heavy (non-hydrogen) atoms. The first-order chi connectivity index (χ1) is 12.9. The molecule has 1 aliphatic carbocycles. The van der Waals surface area contributed by atoms with Gasteiger partial charge in [0.2, 0.25) is 11.8 Å². The van der Waals surface area contributed by atoms with E-state index in [0.29, 0.717) is 19.5 Å². The van der Waals surface area contributed by atoms with Gasteiger partial charge in [-0.25, -0.2) is 13.2 Å². The zero-order valence-electron chi connectivity index (χ0n) is 14.7. The predicted octanol–water partition coefficient (Wildman–Crippen LogP) is 3.73. The minimum atomic E-state index is -1.64. The Bertz CT molecular complexity index is 858. The number of hydrogen-bond donors (Lipinski definition) is 1. The number of nitrogens with zero attached hydrogens (tertiary/aromatic N) is 1. The monoisotopic (exact) mass is 376 g/mol. The summed E-state index contributed by atoms with van der Waals surface area (Å²) in [6.07, 6.45) is 0.348. The third-order valence-electron chi connectivity index (χ3n) is 4.65. The average molecular weight is 376 g/mol. The molecule has 0 aliphatic heterocycles. The zero-order valence-corrected chi connectivity index (χ0v) is 14.7. The number of hydrogen-bond acceptors (Lipinski definition) is 2. The van der Waals surface area contributed by atoms with Crippen molar-refractivity contribution in [2.45, 2.75) is 19.9 Å². The normalized spacial score (nSPS) is 18.1. The van der Waals surface area contributed by atoms with E-state index in [1.807, 2.05) is 37.3 Å². The van der Waals surface area contributed by atoms with Gasteiger partial charge in [-0.3, -0.25) is 9.59 Å². The molecule has 3 rings (SSSR count). The van der Waals surface area contributed by atoms with Crippen molar-refractivity contribution >= 4 is 17.5 Å². The van der Waals surface area contributed by atoms with Gasteiger partial charge in [0, 0.05) is 13.1 Å². The number of benzene rings is 2. The molecule has 1 saturated carbocycles. The molecule has 0 spiro atoms. The van der Waals surface area contributed by atoms with E-state index >= 15 is 0 Å². The number of rotatable bonds is 6. The Morgan fingerprint density at radius 3 is 2.41 bits per heavy atom. The number of anilines is 1. The third kappa shape index (κ3) is 4.13. The summed E-state index contributed by atoms with van der Waals surface area (Å²) in [6.45, 7) is 2.80. The number of nitrogens with one attached hydrogen (secondary N) is 1. The molecule has 142 valence electrons. The number of amides is 2. The van der Waals surface area contributed by atoms with Crippen molar-refractivity contribution in [2.24, 2.45) is 11.8 Å². The van der Waals surface area contributed by atoms with E-state index in [0.717, 1.165) is 17.7 Å². The van der Waals surface area contributed by atoms with Gasteiger partial charge in [0.05, 0.1) is 17.5 Å². The van der Waals surface area contributed by atoms with Crippen LogP contribution < -0.4 is 5.32 Å². The highest BCUT2D eigenvalue weighted by Crippen LogP contribution is 2.41. The van der Waals surface area contributed by atoms with Crippen molar-refractivity contribution in [3.05, 3.63) is 65.5 Å². The minimum absolute atomic E-state index is 0.146. The lowest BCUT2D eigenvalue weighted by molar-refractivity contribution is -0.134. The van der Waals surface area contributed by atoms with Crippen LogP contribution in [-0.4, -0.2) is 23.3 Å². The smallest absolute Gasteiger partial charge is 0.228 e. The topological polar surface area (TPSA) is 49.4 Å². The van der Waals surface area contributed by atoms with Gasteiger partial charge in [-0.15, -0.1) is 0 Å². The SMILES string of the molecule is CCN(Cc1ccccc1)C(=O)C1CC1C(=O)Nc1ccc(F)c(F)c1F. The second kappa shape index (κ2) is 7.82. The summed E-state index contributed by atoms with van der Waals surface area (Å²) in [5, 5.41) is 2.24. The lowest BCUT2D eigenvalue weighted by Gasteiger charge is -2.21. The molecule has 0 aromatic heterocycles. The molecule has 1 fully saturated rings. The summed E-state index contributed by atoms with van der Waals surface area (Å²) >= 11 is 0. The van der Waals surface area contributed by atoms with Gasteiger partial charge >= 0.3 is 0 Å². The molecule has 0 heterocycles. The average Bonchev–Trinajstić information content (AvgIpc) is 3.48. The second-order valence-corrected chi connectivity index (χ2v) is 6.50. The fourth-order valence-corrected chi connectivity index (χ4v) is 2.99. The van der Waals surface area contributed by atoms with Gasteiger partial charge in [-0.05, 0) is 31.0 Å². The minimum Gasteiger partial charge on any atom is -0.338 e. The van der Waals surface area contributed by atoms with Crippen molar-refractivity contribution in [1.29, 1.82) is 0 Å². The Balaban J connectivity index is 1.61. The molecule has 0 radical (unpaired) electrons. The molecule has 1 aliphatic rings. The van der Waals surface area contributed by atoms with Gasteiger partial charge in [-0.2, -0.15) is 0 Å². The van der Waals surface area contributed by atoms with Gasteiger partial charge in [0.15, 0.2) is 17.5 Å². The molecule has 7 heteroatoms. The van der Waals surface area contributed by atoms with Crippen LogP contribution in [0.5, 0.6) is 0 Å². The predicted molar refractivity (Wildman–Crippen MR) is 94.1 cm³/mol. The highest BCUT2D eigenvalue weighted by atomic mass is 19.2. The second-order valence-electron chi connectivity index (χ2n) is 6.50. The maximum absolute atomic E-state index is 13.7. The third-order valence-corrected chi connectivity index (χ3v) is 4.65. The van der Waals surface area contributed by atoms with E-state index < -0.39 is 40.9 Å². The quantitative estimate of drug-likeness (QED) is 0.781. The van der Waals surface area contributed by atoms with E-state index in [1.54, 1.807) is 4.90 Å². The van der Waals surface area contributed by atoms with Crippen LogP contribution in [0.25, 0.3) is 0 Å². The van der Waals surface area contributed by atoms with Gasteiger partial charge in [0.25, 0.3) is 0 Å². The molecule has 2 amide bonds. The summed E-state index contributed by atoms with van der Waals surface area (Å²) in [5.41, 5.74) is 0.548. The van der Waals surface area contributed by atoms with Gasteiger partial charge in [0.1, 0.15) is 0 Å². The van der Waals surface area contributed by atoms with Crippen molar-refractivity contribution < 1.29 is 22.8 Å². The highest BCUT2D eigenvalue weighted by Gasteiger charge is 2.49. The molecule has 2 atom stereocenters. The molecular weight excluding hydrogens is 357 g/mol. The first-order valence-corrected chi connectivity index (χ1v) is 8.69. The van der Waals surface area contributed by atoms with Crippen LogP contribution in [0.2, 0.25) is 0 Å². The molecule has 0 saturated heterocycles. The molecule has 1 N–H and O–H groups in total. The van der Waals surface area contributed by atoms with E-state index in [-0.39, 0.29) is 5.91 Å². The van der Waals surface area contributed by atoms with Crippen LogP contribution in [0.1, 0.15) is 18.9 Å². The molecule has 2 aromatic carbocycles. The van der Waals surface area contributed by atoms with Crippen molar-refractivity contribution in [1.82, 2.24) is 4.90 Å². The van der Waals surface area contributed by atoms with Crippen LogP contribution in [0.4, 0.5) is 18.9 Å². The van der Waals surface area contributed by atoms with Crippen molar-refractivity contribution in [3.63, 3.8) is 0 Å². The fourth-order valence-electron chi connectivity index (χ4n) is 2.99. The summed E-state index contributed by atoms with van der Waals surface area (Å²) < 4.78 is 39.9. The van der Waals surface area contributed by atoms with Gasteiger partial charge in [-0.1, -0.05) is 30.3 Å². The standard InChI is InChI=1S/C20H19F3N2O2/c1-2-25(11-12-6-4-3-5-7-12)20(27)14-10-13(14)19(26)24-16-9-8-15(21)17(22)18(16)23/h3-9,13-14H,2,10-11H2,1H3,(H,24,26). The van der Waals surface area contributed by atoms with Crippen molar-refractivity contribution in [2.75, 3.05) is 11.9 Å². The number of halogens is 3. The maximum Gasteiger partial charge on any atom is 0.228 e. The summed E-state index contributed by atoms with van der Waals surface area (Å²) in [5.74, 6) is -6.23. The summed E-state index contributed by atoms with van der Waals surface area (Å²) in [7, 11) is 0. The van der Waals surface area contributed by atoms with Gasteiger partial charge < -0.3 is 10.2 Å². The zero-order chi connectivity index (χ0) is 19.6. The van der Waals surface area contributed by atoms with Crippen molar-refractivity contribution in [3.8, 4) is 0 Å². The van der Waals surface area contributed by atoms with E-state index in [2.05, 4.69) is 5.32 Å². The Hall–Kier alpha value is -2.83.